The Bertz CT molecular complexity index is 87.0. The van der Waals surface area contributed by atoms with Crippen LogP contribution in [0, 0.1) is 0 Å². The Kier molecular flexibility index (Phi) is 7.48. The molecule has 0 aromatic heterocycles. The Hall–Kier alpha value is -0.280. The number of nitrogens with one attached hydrogen (secondary N) is 1. The van der Waals surface area contributed by atoms with Gasteiger partial charge in [-0.25, -0.2) is 0 Å². The van der Waals surface area contributed by atoms with Crippen LogP contribution in [0.25, 0.3) is 0 Å². The van der Waals surface area contributed by atoms with Crippen LogP contribution in [0.5, 0.6) is 0 Å². The minimum atomic E-state index is -0.758. The summed E-state index contributed by atoms with van der Waals surface area (Å²) in [4.78, 5) is 9.93. The van der Waals surface area contributed by atoms with Crippen molar-refractivity contribution in [2.75, 3.05) is 7.05 Å². The lowest BCUT2D eigenvalue weighted by molar-refractivity contribution is -0.137. The molecule has 0 aromatic carbocycles. The van der Waals surface area contributed by atoms with E-state index in [1.165, 1.54) is 0 Å². The van der Waals surface area contributed by atoms with Gasteiger partial charge in [0.05, 0.1) is 6.42 Å². The van der Waals surface area contributed by atoms with Gasteiger partial charge < -0.3 is 10.4 Å². The molecule has 3 nitrogen and oxygen atoms in total. The minimum Gasteiger partial charge on any atom is -0.481 e. The number of halogens is 1. The molecule has 0 amide bonds. The van der Waals surface area contributed by atoms with Crippen LogP contribution in [-0.4, -0.2) is 24.2 Å². The van der Waals surface area contributed by atoms with Gasteiger partial charge in [-0.1, -0.05) is 0 Å². The van der Waals surface area contributed by atoms with Crippen molar-refractivity contribution >= 4 is 18.4 Å². The highest BCUT2D eigenvalue weighted by Gasteiger charge is 2.02. The smallest absolute Gasteiger partial charge is 0.304 e. The molecule has 2 N–H and O–H groups in total. The first-order valence-corrected chi connectivity index (χ1v) is 2.56. The average Bonchev–Trinajstić information content (AvgIpc) is 1.65. The second-order valence-corrected chi connectivity index (χ2v) is 1.79. The van der Waals surface area contributed by atoms with E-state index < -0.39 is 5.97 Å². The lowest BCUT2D eigenvalue weighted by Crippen LogP contribution is -2.24. The van der Waals surface area contributed by atoms with Gasteiger partial charge in [0.25, 0.3) is 0 Å². The minimum absolute atomic E-state index is 0. The molecule has 1 atom stereocenters. The van der Waals surface area contributed by atoms with Crippen LogP contribution in [0.1, 0.15) is 13.3 Å². The Balaban J connectivity index is 0. The van der Waals surface area contributed by atoms with Crippen molar-refractivity contribution in [3.63, 3.8) is 0 Å². The number of carbonyl (C=O) groups is 1. The summed E-state index contributed by atoms with van der Waals surface area (Å²) in [5.41, 5.74) is 0. The zero-order chi connectivity index (χ0) is 6.57. The monoisotopic (exact) mass is 153 g/mol. The normalized spacial score (nSPS) is 11.8. The topological polar surface area (TPSA) is 49.3 Å². The predicted molar refractivity (Wildman–Crippen MR) is 38.0 cm³/mol. The average molecular weight is 154 g/mol. The van der Waals surface area contributed by atoms with Crippen LogP contribution in [0.2, 0.25) is 0 Å². The molecule has 0 unspecified atom stereocenters. The van der Waals surface area contributed by atoms with E-state index in [1.807, 2.05) is 6.92 Å². The van der Waals surface area contributed by atoms with E-state index in [9.17, 15) is 4.79 Å². The maximum Gasteiger partial charge on any atom is 0.304 e. The van der Waals surface area contributed by atoms with Crippen molar-refractivity contribution in [1.82, 2.24) is 5.32 Å². The van der Waals surface area contributed by atoms with E-state index in [4.69, 9.17) is 5.11 Å². The summed E-state index contributed by atoms with van der Waals surface area (Å²) in [7, 11) is 1.74. The molecule has 0 radical (unpaired) electrons. The van der Waals surface area contributed by atoms with Gasteiger partial charge in [-0.15, -0.1) is 12.4 Å². The van der Waals surface area contributed by atoms with E-state index in [2.05, 4.69) is 5.32 Å². The fourth-order valence-electron chi connectivity index (χ4n) is 0.364. The number of hydrogen-bond acceptors (Lipinski definition) is 2. The lowest BCUT2D eigenvalue weighted by atomic mass is 10.2. The lowest BCUT2D eigenvalue weighted by Gasteiger charge is -2.03. The summed E-state index contributed by atoms with van der Waals surface area (Å²) < 4.78 is 0. The van der Waals surface area contributed by atoms with Gasteiger partial charge in [-0.3, -0.25) is 4.79 Å². The first-order chi connectivity index (χ1) is 3.66. The predicted octanol–water partition coefficient (Wildman–Crippen LogP) is 0.491. The van der Waals surface area contributed by atoms with Crippen molar-refractivity contribution in [3.8, 4) is 0 Å². The molecule has 0 saturated heterocycles. The van der Waals surface area contributed by atoms with Crippen LogP contribution in [0.15, 0.2) is 0 Å². The number of rotatable bonds is 3. The van der Waals surface area contributed by atoms with E-state index in [0.717, 1.165) is 0 Å². The molecule has 0 fully saturated rings. The zero-order valence-electron chi connectivity index (χ0n) is 5.55. The van der Waals surface area contributed by atoms with Gasteiger partial charge in [-0.2, -0.15) is 0 Å². The number of aliphatic carboxylic acids is 1. The zero-order valence-corrected chi connectivity index (χ0v) is 6.36. The molecule has 0 heterocycles. The van der Waals surface area contributed by atoms with Gasteiger partial charge in [0.15, 0.2) is 0 Å². The molecule has 0 saturated carbocycles. The maximum atomic E-state index is 9.93. The second kappa shape index (κ2) is 5.85. The summed E-state index contributed by atoms with van der Waals surface area (Å²) in [5.74, 6) is -0.758. The number of carboxylic acids is 1. The molecule has 56 valence electrons. The molecule has 4 heteroatoms. The molecule has 0 rings (SSSR count). The first-order valence-electron chi connectivity index (χ1n) is 2.56. The fraction of sp³-hybridized carbons (Fsp3) is 0.800. The Morgan fingerprint density at radius 3 is 2.33 bits per heavy atom. The van der Waals surface area contributed by atoms with E-state index in [1.54, 1.807) is 7.05 Å². The molecule has 0 aromatic rings. The van der Waals surface area contributed by atoms with Crippen LogP contribution in [-0.2, 0) is 4.79 Å². The van der Waals surface area contributed by atoms with E-state index >= 15 is 0 Å². The quantitative estimate of drug-likeness (QED) is 0.621. The molecule has 0 bridgehead atoms. The van der Waals surface area contributed by atoms with E-state index in [-0.39, 0.29) is 24.9 Å². The summed E-state index contributed by atoms with van der Waals surface area (Å²) in [6.07, 6.45) is 0.191. The van der Waals surface area contributed by atoms with Gasteiger partial charge >= 0.3 is 5.97 Å². The van der Waals surface area contributed by atoms with Crippen molar-refractivity contribution in [2.45, 2.75) is 19.4 Å². The van der Waals surface area contributed by atoms with Crippen LogP contribution < -0.4 is 5.32 Å². The van der Waals surface area contributed by atoms with Crippen molar-refractivity contribution in [3.05, 3.63) is 0 Å². The van der Waals surface area contributed by atoms with Gasteiger partial charge in [0, 0.05) is 6.04 Å². The third-order valence-electron chi connectivity index (χ3n) is 0.974. The summed E-state index contributed by atoms with van der Waals surface area (Å²) in [5, 5.41) is 11.0. The molecule has 9 heavy (non-hydrogen) atoms. The maximum absolute atomic E-state index is 9.93. The fourth-order valence-corrected chi connectivity index (χ4v) is 0.364. The third kappa shape index (κ3) is 7.72. The molecular weight excluding hydrogens is 142 g/mol. The SMILES string of the molecule is CN[C@H](C)CC(=O)O.Cl. The molecule has 0 spiro atoms. The largest absolute Gasteiger partial charge is 0.481 e. The van der Waals surface area contributed by atoms with Gasteiger partial charge in [0.1, 0.15) is 0 Å². The Labute approximate surface area is 60.9 Å². The highest BCUT2D eigenvalue weighted by molar-refractivity contribution is 5.85. The third-order valence-corrected chi connectivity index (χ3v) is 0.974. The molecule has 0 aliphatic carbocycles. The summed E-state index contributed by atoms with van der Waals surface area (Å²) in [6, 6.07) is 0.0764. The van der Waals surface area contributed by atoms with Crippen LogP contribution >= 0.6 is 12.4 Å². The molecule has 0 aliphatic heterocycles. The van der Waals surface area contributed by atoms with Crippen molar-refractivity contribution < 1.29 is 9.90 Å². The number of hydrogen-bond donors (Lipinski definition) is 2. The summed E-state index contributed by atoms with van der Waals surface area (Å²) >= 11 is 0. The standard InChI is InChI=1S/C5H11NO2.ClH/c1-4(6-2)3-5(7)8;/h4,6H,3H2,1-2H3,(H,7,8);1H/t4-;/m1./s1. The van der Waals surface area contributed by atoms with Gasteiger partial charge in [0.2, 0.25) is 0 Å². The number of carboxylic acid groups (broad SMARTS) is 1. The Morgan fingerprint density at radius 1 is 1.78 bits per heavy atom. The second-order valence-electron chi connectivity index (χ2n) is 1.79. The molecule has 0 aliphatic rings. The first kappa shape index (κ1) is 11.5. The Morgan fingerprint density at radius 2 is 2.22 bits per heavy atom. The summed E-state index contributed by atoms with van der Waals surface area (Å²) in [6.45, 7) is 1.83. The van der Waals surface area contributed by atoms with Crippen LogP contribution in [0.4, 0.5) is 0 Å². The van der Waals surface area contributed by atoms with Gasteiger partial charge in [-0.05, 0) is 14.0 Å². The van der Waals surface area contributed by atoms with Crippen molar-refractivity contribution in [2.24, 2.45) is 0 Å². The van der Waals surface area contributed by atoms with E-state index in [0.29, 0.717) is 0 Å². The molecular formula is C5H12ClNO2. The highest BCUT2D eigenvalue weighted by atomic mass is 35.5. The van der Waals surface area contributed by atoms with Crippen molar-refractivity contribution in [1.29, 1.82) is 0 Å². The van der Waals surface area contributed by atoms with Crippen LogP contribution in [0.3, 0.4) is 0 Å². The highest BCUT2D eigenvalue weighted by Crippen LogP contribution is 1.86.